The highest BCUT2D eigenvalue weighted by atomic mass is 79.9. The second-order valence-corrected chi connectivity index (χ2v) is 4.75. The summed E-state index contributed by atoms with van der Waals surface area (Å²) in [5.41, 5.74) is 7.26. The number of amides is 1. The summed E-state index contributed by atoms with van der Waals surface area (Å²) in [5, 5.41) is 6.79. The highest BCUT2D eigenvalue weighted by Crippen LogP contribution is 2.23. The number of aromatic nitrogens is 2. The molecule has 0 fully saturated rings. The first-order valence-corrected chi connectivity index (χ1v) is 6.19. The van der Waals surface area contributed by atoms with Gasteiger partial charge in [0.2, 0.25) is 5.91 Å². The lowest BCUT2D eigenvalue weighted by atomic mass is 10.2. The van der Waals surface area contributed by atoms with E-state index in [0.717, 1.165) is 15.7 Å². The molecule has 0 aliphatic carbocycles. The van der Waals surface area contributed by atoms with Gasteiger partial charge >= 0.3 is 0 Å². The average Bonchev–Trinajstić information content (AvgIpc) is 2.70. The Hall–Kier alpha value is -1.82. The maximum Gasteiger partial charge on any atom is 0.246 e. The molecule has 18 heavy (non-hydrogen) atoms. The van der Waals surface area contributed by atoms with Crippen LogP contribution in [-0.2, 0) is 11.3 Å². The van der Waals surface area contributed by atoms with Gasteiger partial charge in [-0.1, -0.05) is 22.0 Å². The molecule has 5 nitrogen and oxygen atoms in total. The molecule has 3 N–H and O–H groups in total. The molecule has 1 aromatic carbocycles. The van der Waals surface area contributed by atoms with Crippen molar-refractivity contribution in [1.82, 2.24) is 9.78 Å². The Morgan fingerprint density at radius 3 is 2.94 bits per heavy atom. The van der Waals surface area contributed by atoms with E-state index in [1.807, 2.05) is 25.1 Å². The van der Waals surface area contributed by atoms with Crippen molar-refractivity contribution in [2.45, 2.75) is 13.5 Å². The quantitative estimate of drug-likeness (QED) is 0.912. The fourth-order valence-electron chi connectivity index (χ4n) is 1.55. The molecule has 0 saturated heterocycles. The molecule has 0 atom stereocenters. The maximum atomic E-state index is 11.8. The van der Waals surface area contributed by atoms with Crippen LogP contribution in [0.1, 0.15) is 5.56 Å². The first-order chi connectivity index (χ1) is 8.56. The number of rotatable bonds is 3. The van der Waals surface area contributed by atoms with E-state index in [-0.39, 0.29) is 12.5 Å². The van der Waals surface area contributed by atoms with Gasteiger partial charge in [0.1, 0.15) is 12.4 Å². The highest BCUT2D eigenvalue weighted by Gasteiger charge is 2.07. The van der Waals surface area contributed by atoms with Crippen molar-refractivity contribution in [3.8, 4) is 0 Å². The molecule has 1 amide bonds. The average molecular weight is 309 g/mol. The summed E-state index contributed by atoms with van der Waals surface area (Å²) in [4.78, 5) is 11.8. The maximum absolute atomic E-state index is 11.8. The normalized spacial score (nSPS) is 10.3. The largest absolute Gasteiger partial charge is 0.382 e. The molecule has 0 radical (unpaired) electrons. The predicted molar refractivity (Wildman–Crippen MR) is 74.1 cm³/mol. The van der Waals surface area contributed by atoms with Gasteiger partial charge in [0.25, 0.3) is 0 Å². The fourth-order valence-corrected chi connectivity index (χ4v) is 1.91. The van der Waals surface area contributed by atoms with E-state index in [1.165, 1.54) is 4.68 Å². The summed E-state index contributed by atoms with van der Waals surface area (Å²) >= 11 is 3.42. The highest BCUT2D eigenvalue weighted by molar-refractivity contribution is 9.10. The van der Waals surface area contributed by atoms with Gasteiger partial charge in [0.15, 0.2) is 0 Å². The van der Waals surface area contributed by atoms with E-state index in [2.05, 4.69) is 26.3 Å². The van der Waals surface area contributed by atoms with Gasteiger partial charge in [-0.3, -0.25) is 9.48 Å². The first-order valence-electron chi connectivity index (χ1n) is 5.40. The lowest BCUT2D eigenvalue weighted by molar-refractivity contribution is -0.116. The zero-order valence-corrected chi connectivity index (χ0v) is 11.4. The van der Waals surface area contributed by atoms with Crippen LogP contribution in [0, 0.1) is 6.92 Å². The number of benzene rings is 1. The minimum absolute atomic E-state index is 0.140. The predicted octanol–water partition coefficient (Wildman–Crippen LogP) is 2.17. The van der Waals surface area contributed by atoms with Crippen molar-refractivity contribution < 1.29 is 4.79 Å². The van der Waals surface area contributed by atoms with Crippen LogP contribution in [0.5, 0.6) is 0 Å². The number of nitrogens with one attached hydrogen (secondary N) is 1. The van der Waals surface area contributed by atoms with Crippen LogP contribution < -0.4 is 11.1 Å². The van der Waals surface area contributed by atoms with Crippen molar-refractivity contribution in [3.05, 3.63) is 40.5 Å². The summed E-state index contributed by atoms with van der Waals surface area (Å²) in [6.07, 6.45) is 1.67. The second kappa shape index (κ2) is 5.22. The van der Waals surface area contributed by atoms with E-state index in [0.29, 0.717) is 5.82 Å². The van der Waals surface area contributed by atoms with E-state index < -0.39 is 0 Å². The van der Waals surface area contributed by atoms with Gasteiger partial charge in [0, 0.05) is 16.4 Å². The topological polar surface area (TPSA) is 72.9 Å². The third kappa shape index (κ3) is 2.89. The lowest BCUT2D eigenvalue weighted by Crippen LogP contribution is -2.19. The number of nitrogens with zero attached hydrogens (tertiary/aromatic N) is 2. The van der Waals surface area contributed by atoms with Crippen molar-refractivity contribution >= 4 is 33.3 Å². The molecule has 0 bridgehead atoms. The third-order valence-electron chi connectivity index (χ3n) is 2.51. The minimum atomic E-state index is -0.140. The number of carbonyl (C=O) groups is 1. The summed E-state index contributed by atoms with van der Waals surface area (Å²) < 4.78 is 2.46. The summed E-state index contributed by atoms with van der Waals surface area (Å²) in [6.45, 7) is 2.08. The van der Waals surface area contributed by atoms with E-state index >= 15 is 0 Å². The Morgan fingerprint density at radius 1 is 1.50 bits per heavy atom. The SMILES string of the molecule is Cc1c(Br)cccc1NC(=O)Cn1ccc(N)n1. The molecule has 1 aromatic heterocycles. The molecule has 2 aromatic rings. The molecule has 0 spiro atoms. The molecule has 0 saturated carbocycles. The van der Waals surface area contributed by atoms with Crippen molar-refractivity contribution in [3.63, 3.8) is 0 Å². The first kappa shape index (κ1) is 12.6. The number of anilines is 2. The number of nitrogen functional groups attached to an aromatic ring is 1. The summed E-state index contributed by atoms with van der Waals surface area (Å²) in [6, 6.07) is 7.31. The molecule has 0 aliphatic heterocycles. The van der Waals surface area contributed by atoms with Gasteiger partial charge in [-0.15, -0.1) is 0 Å². The number of hydrogen-bond acceptors (Lipinski definition) is 3. The molecule has 0 aliphatic rings. The summed E-state index contributed by atoms with van der Waals surface area (Å²) in [5.74, 6) is 0.265. The lowest BCUT2D eigenvalue weighted by Gasteiger charge is -2.09. The van der Waals surface area contributed by atoms with E-state index in [1.54, 1.807) is 12.3 Å². The van der Waals surface area contributed by atoms with Gasteiger partial charge in [-0.05, 0) is 30.7 Å². The van der Waals surface area contributed by atoms with Crippen LogP contribution in [-0.4, -0.2) is 15.7 Å². The third-order valence-corrected chi connectivity index (χ3v) is 3.37. The van der Waals surface area contributed by atoms with Gasteiger partial charge in [-0.2, -0.15) is 5.10 Å². The van der Waals surface area contributed by atoms with Crippen LogP contribution in [0.4, 0.5) is 11.5 Å². The second-order valence-electron chi connectivity index (χ2n) is 3.90. The minimum Gasteiger partial charge on any atom is -0.382 e. The zero-order valence-electron chi connectivity index (χ0n) is 9.85. The van der Waals surface area contributed by atoms with Gasteiger partial charge in [0.05, 0.1) is 0 Å². The van der Waals surface area contributed by atoms with Crippen molar-refractivity contribution in [1.29, 1.82) is 0 Å². The summed E-state index contributed by atoms with van der Waals surface area (Å²) in [7, 11) is 0. The van der Waals surface area contributed by atoms with Crippen LogP contribution in [0.15, 0.2) is 34.9 Å². The monoisotopic (exact) mass is 308 g/mol. The molecule has 2 rings (SSSR count). The number of nitrogens with two attached hydrogens (primary N) is 1. The standard InChI is InChI=1S/C12H13BrN4O/c1-8-9(13)3-2-4-10(8)15-12(18)7-17-6-5-11(14)16-17/h2-6H,7H2,1H3,(H2,14,16)(H,15,18). The Balaban J connectivity index is 2.05. The van der Waals surface area contributed by atoms with E-state index in [4.69, 9.17) is 5.73 Å². The van der Waals surface area contributed by atoms with Gasteiger partial charge in [-0.25, -0.2) is 0 Å². The number of carbonyl (C=O) groups excluding carboxylic acids is 1. The van der Waals surface area contributed by atoms with Crippen LogP contribution >= 0.6 is 15.9 Å². The Labute approximate surface area is 113 Å². The smallest absolute Gasteiger partial charge is 0.246 e. The molecular formula is C12H13BrN4O. The van der Waals surface area contributed by atoms with Crippen LogP contribution in [0.2, 0.25) is 0 Å². The van der Waals surface area contributed by atoms with Crippen molar-refractivity contribution in [2.24, 2.45) is 0 Å². The van der Waals surface area contributed by atoms with Crippen molar-refractivity contribution in [2.75, 3.05) is 11.1 Å². The molecule has 0 unspecified atom stereocenters. The molecule has 94 valence electrons. The fraction of sp³-hybridized carbons (Fsp3) is 0.167. The Morgan fingerprint density at radius 2 is 2.28 bits per heavy atom. The molecule has 6 heteroatoms. The molecule has 1 heterocycles. The van der Waals surface area contributed by atoms with Gasteiger partial charge < -0.3 is 11.1 Å². The molecular weight excluding hydrogens is 296 g/mol. The zero-order chi connectivity index (χ0) is 13.1. The van der Waals surface area contributed by atoms with Crippen LogP contribution in [0.25, 0.3) is 0 Å². The Bertz CT molecular complexity index is 579. The van der Waals surface area contributed by atoms with Crippen LogP contribution in [0.3, 0.4) is 0 Å². The number of halogens is 1. The van der Waals surface area contributed by atoms with E-state index in [9.17, 15) is 4.79 Å². The number of hydrogen-bond donors (Lipinski definition) is 2. The Kier molecular flexibility index (Phi) is 3.66.